The highest BCUT2D eigenvalue weighted by molar-refractivity contribution is 14.1. The van der Waals surface area contributed by atoms with Gasteiger partial charge in [-0.05, 0) is 108 Å². The van der Waals surface area contributed by atoms with Gasteiger partial charge in [-0.3, -0.25) is 9.59 Å². The first-order valence-corrected chi connectivity index (χ1v) is 10.4. The number of benzene rings is 2. The number of carbonyl (C=O) groups is 3. The summed E-state index contributed by atoms with van der Waals surface area (Å²) in [5, 5.41) is 0.518. The minimum atomic E-state index is -0.743. The number of hydroxylamine groups is 2. The van der Waals surface area contributed by atoms with Crippen LogP contribution in [0.15, 0.2) is 34.8 Å². The maximum Gasteiger partial charge on any atom is 0.366 e. The Kier molecular flexibility index (Phi) is 5.51. The maximum absolute atomic E-state index is 12.5. The molecule has 0 N–H and O–H groups in total. The molecule has 5 nitrogen and oxygen atoms in total. The lowest BCUT2D eigenvalue weighted by Gasteiger charge is -2.14. The van der Waals surface area contributed by atoms with Crippen molar-refractivity contribution in [3.05, 3.63) is 62.2 Å². The van der Waals surface area contributed by atoms with Gasteiger partial charge in [0.05, 0.1) is 16.7 Å². The second-order valence-electron chi connectivity index (χ2n) is 4.66. The number of imide groups is 1. The zero-order valence-corrected chi connectivity index (χ0v) is 19.5. The van der Waals surface area contributed by atoms with Gasteiger partial charge < -0.3 is 4.84 Å². The van der Waals surface area contributed by atoms with Gasteiger partial charge in [-0.15, -0.1) is 0 Å². The quantitative estimate of drug-likeness (QED) is 0.258. The van der Waals surface area contributed by atoms with E-state index in [0.717, 1.165) is 3.57 Å². The number of nitrogens with zero attached hydrogens (tertiary/aromatic N) is 1. The largest absolute Gasteiger partial charge is 0.366 e. The van der Waals surface area contributed by atoms with Crippen LogP contribution in [-0.4, -0.2) is 22.8 Å². The molecule has 0 aliphatic carbocycles. The van der Waals surface area contributed by atoms with Crippen LogP contribution >= 0.6 is 83.7 Å². The van der Waals surface area contributed by atoms with Gasteiger partial charge in [0.1, 0.15) is 0 Å². The van der Waals surface area contributed by atoms with Crippen molar-refractivity contribution in [1.82, 2.24) is 5.06 Å². The molecule has 0 saturated carbocycles. The van der Waals surface area contributed by atoms with E-state index in [2.05, 4.69) is 38.5 Å². The minimum Gasteiger partial charge on any atom is -0.324 e. The standard InChI is InChI=1S/C15H5BrI3NO4/c16-7-3-1-2-6-10(7)14(22)20(13(6)21)24-15(23)11-8(17)4-5-9(18)12(11)19/h1-5H. The molecule has 0 unspecified atom stereocenters. The molecule has 3 rings (SSSR count). The van der Waals surface area contributed by atoms with Gasteiger partial charge >= 0.3 is 5.97 Å². The highest BCUT2D eigenvalue weighted by Crippen LogP contribution is 2.31. The number of hydrogen-bond acceptors (Lipinski definition) is 4. The zero-order valence-electron chi connectivity index (χ0n) is 11.5. The molecule has 24 heavy (non-hydrogen) atoms. The summed E-state index contributed by atoms with van der Waals surface area (Å²) in [6.07, 6.45) is 0. The Morgan fingerprint density at radius 3 is 2.33 bits per heavy atom. The van der Waals surface area contributed by atoms with Gasteiger partial charge in [0.15, 0.2) is 0 Å². The van der Waals surface area contributed by atoms with Crippen LogP contribution < -0.4 is 0 Å². The van der Waals surface area contributed by atoms with Crippen LogP contribution in [0.3, 0.4) is 0 Å². The van der Waals surface area contributed by atoms with Crippen molar-refractivity contribution >= 4 is 101 Å². The monoisotopic (exact) mass is 723 g/mol. The van der Waals surface area contributed by atoms with Gasteiger partial charge in [-0.2, -0.15) is 0 Å². The third-order valence-corrected chi connectivity index (χ3v) is 7.86. The molecule has 2 aromatic carbocycles. The van der Waals surface area contributed by atoms with E-state index in [-0.39, 0.29) is 11.1 Å². The Hall–Kier alpha value is -0.280. The predicted octanol–water partition coefficient (Wildman–Crippen LogP) is 4.63. The second kappa shape index (κ2) is 7.15. The summed E-state index contributed by atoms with van der Waals surface area (Å²) in [7, 11) is 0. The SMILES string of the molecule is O=C(ON1C(=O)c2cccc(Br)c2C1=O)c1c(I)ccc(I)c1I. The molecule has 1 aliphatic rings. The van der Waals surface area contributed by atoms with Crippen molar-refractivity contribution in [1.29, 1.82) is 0 Å². The lowest BCUT2D eigenvalue weighted by atomic mass is 10.1. The Balaban J connectivity index is 1.95. The van der Waals surface area contributed by atoms with Crippen LogP contribution in [0, 0.1) is 10.7 Å². The van der Waals surface area contributed by atoms with Crippen molar-refractivity contribution < 1.29 is 19.2 Å². The van der Waals surface area contributed by atoms with Gasteiger partial charge in [-0.25, -0.2) is 4.79 Å². The van der Waals surface area contributed by atoms with Crippen LogP contribution in [0.1, 0.15) is 31.1 Å². The third kappa shape index (κ3) is 3.11. The number of halogens is 4. The van der Waals surface area contributed by atoms with Gasteiger partial charge in [-0.1, -0.05) is 11.1 Å². The molecule has 1 heterocycles. The van der Waals surface area contributed by atoms with Crippen LogP contribution in [-0.2, 0) is 4.84 Å². The molecular formula is C15H5BrI3NO4. The summed E-state index contributed by atoms with van der Waals surface area (Å²) in [5.41, 5.74) is 0.732. The van der Waals surface area contributed by atoms with Crippen LogP contribution in [0.2, 0.25) is 0 Å². The average molecular weight is 724 g/mol. The smallest absolute Gasteiger partial charge is 0.324 e. The number of fused-ring (bicyclic) bond motifs is 1. The summed E-state index contributed by atoms with van der Waals surface area (Å²) in [6.45, 7) is 0. The van der Waals surface area contributed by atoms with Crippen LogP contribution in [0.4, 0.5) is 0 Å². The second-order valence-corrected chi connectivity index (χ2v) is 8.92. The molecule has 0 atom stereocenters. The first-order valence-electron chi connectivity index (χ1n) is 6.36. The van der Waals surface area contributed by atoms with Gasteiger partial charge in [0.2, 0.25) is 0 Å². The van der Waals surface area contributed by atoms with Crippen molar-refractivity contribution in [2.45, 2.75) is 0 Å². The number of carbonyl (C=O) groups excluding carboxylic acids is 3. The van der Waals surface area contributed by atoms with E-state index in [9.17, 15) is 14.4 Å². The van der Waals surface area contributed by atoms with E-state index in [4.69, 9.17) is 4.84 Å². The van der Waals surface area contributed by atoms with Crippen LogP contribution in [0.25, 0.3) is 0 Å². The molecular weight excluding hydrogens is 719 g/mol. The molecule has 1 aliphatic heterocycles. The molecule has 0 fully saturated rings. The fourth-order valence-electron chi connectivity index (χ4n) is 2.15. The van der Waals surface area contributed by atoms with Crippen molar-refractivity contribution in [3.63, 3.8) is 0 Å². The molecule has 2 amide bonds. The van der Waals surface area contributed by atoms with E-state index in [1.165, 1.54) is 6.07 Å². The highest BCUT2D eigenvalue weighted by atomic mass is 127. The fraction of sp³-hybridized carbons (Fsp3) is 0. The van der Waals surface area contributed by atoms with Crippen molar-refractivity contribution in [3.8, 4) is 0 Å². The first-order chi connectivity index (χ1) is 11.3. The van der Waals surface area contributed by atoms with Gasteiger partial charge in [0.25, 0.3) is 11.8 Å². The van der Waals surface area contributed by atoms with Gasteiger partial charge in [0, 0.05) is 15.2 Å². The molecule has 0 spiro atoms. The Morgan fingerprint density at radius 1 is 1.00 bits per heavy atom. The van der Waals surface area contributed by atoms with E-state index in [0.29, 0.717) is 22.2 Å². The van der Waals surface area contributed by atoms with Crippen molar-refractivity contribution in [2.24, 2.45) is 0 Å². The Labute approximate surface area is 186 Å². The summed E-state index contributed by atoms with van der Waals surface area (Å²) >= 11 is 9.40. The number of hydrogen-bond donors (Lipinski definition) is 0. The molecule has 0 aromatic heterocycles. The molecule has 0 bridgehead atoms. The minimum absolute atomic E-state index is 0.197. The molecule has 0 radical (unpaired) electrons. The Morgan fingerprint density at radius 2 is 1.67 bits per heavy atom. The maximum atomic E-state index is 12.5. The third-order valence-electron chi connectivity index (χ3n) is 3.25. The van der Waals surface area contributed by atoms with E-state index in [1.807, 2.05) is 51.2 Å². The summed E-state index contributed by atoms with van der Waals surface area (Å²) in [4.78, 5) is 42.5. The zero-order chi connectivity index (χ0) is 17.6. The lowest BCUT2D eigenvalue weighted by molar-refractivity contribution is -0.0586. The normalized spacial score (nSPS) is 13.2. The highest BCUT2D eigenvalue weighted by Gasteiger charge is 2.40. The summed E-state index contributed by atoms with van der Waals surface area (Å²) in [5.74, 6) is -2.06. The molecule has 0 saturated heterocycles. The van der Waals surface area contributed by atoms with E-state index >= 15 is 0 Å². The average Bonchev–Trinajstić information content (AvgIpc) is 2.77. The first kappa shape index (κ1) is 18.5. The predicted molar refractivity (Wildman–Crippen MR) is 115 cm³/mol. The fourth-order valence-corrected chi connectivity index (χ4v) is 5.01. The Bertz CT molecular complexity index is 916. The summed E-state index contributed by atoms with van der Waals surface area (Å²) < 4.78 is 2.75. The number of rotatable bonds is 2. The summed E-state index contributed by atoms with van der Waals surface area (Å²) in [6, 6.07) is 8.47. The van der Waals surface area contributed by atoms with Crippen LogP contribution in [0.5, 0.6) is 0 Å². The van der Waals surface area contributed by atoms with E-state index < -0.39 is 17.8 Å². The molecule has 9 heteroatoms. The number of amides is 2. The molecule has 2 aromatic rings. The lowest BCUT2D eigenvalue weighted by Crippen LogP contribution is -2.33. The molecule has 122 valence electrons. The topological polar surface area (TPSA) is 63.7 Å². The van der Waals surface area contributed by atoms with Crippen molar-refractivity contribution in [2.75, 3.05) is 0 Å². The van der Waals surface area contributed by atoms with E-state index in [1.54, 1.807) is 18.2 Å².